The second-order valence-electron chi connectivity index (χ2n) is 7.29. The van der Waals surface area contributed by atoms with E-state index in [9.17, 15) is 9.59 Å². The zero-order valence-electron chi connectivity index (χ0n) is 16.8. The molecule has 0 aliphatic heterocycles. The number of aromatic nitrogens is 2. The number of benzene rings is 2. The lowest BCUT2D eigenvalue weighted by Gasteiger charge is -2.21. The second-order valence-corrected chi connectivity index (χ2v) is 7.29. The lowest BCUT2D eigenvalue weighted by molar-refractivity contribution is -0.148. The van der Waals surface area contributed by atoms with E-state index >= 15 is 0 Å². The normalized spacial score (nSPS) is 11.9. The predicted octanol–water partition coefficient (Wildman–Crippen LogP) is 3.68. The van der Waals surface area contributed by atoms with Gasteiger partial charge in [-0.3, -0.25) is 4.79 Å². The Morgan fingerprint density at radius 2 is 1.86 bits per heavy atom. The SMILES string of the molecule is Cc1cccc(C(=O)N[C@H](C(=O)OCc2ccc(-n3cccn3)cc2)C(C)C)c1. The van der Waals surface area contributed by atoms with E-state index in [1.54, 1.807) is 23.0 Å². The quantitative estimate of drug-likeness (QED) is 0.624. The van der Waals surface area contributed by atoms with Crippen LogP contribution in [0.1, 0.15) is 35.3 Å². The molecule has 1 aromatic heterocycles. The van der Waals surface area contributed by atoms with Crippen molar-refractivity contribution in [1.29, 1.82) is 0 Å². The van der Waals surface area contributed by atoms with Gasteiger partial charge in [-0.05, 0) is 48.7 Å². The molecule has 0 spiro atoms. The number of carbonyl (C=O) groups excluding carboxylic acids is 2. The summed E-state index contributed by atoms with van der Waals surface area (Å²) in [6, 6.07) is 16.0. The highest BCUT2D eigenvalue weighted by Crippen LogP contribution is 2.12. The van der Waals surface area contributed by atoms with Crippen LogP contribution < -0.4 is 5.32 Å². The summed E-state index contributed by atoms with van der Waals surface area (Å²) < 4.78 is 7.22. The molecule has 0 aliphatic carbocycles. The van der Waals surface area contributed by atoms with Gasteiger partial charge in [0.25, 0.3) is 5.91 Å². The molecule has 0 bridgehead atoms. The maximum Gasteiger partial charge on any atom is 0.329 e. The molecular formula is C23H25N3O3. The van der Waals surface area contributed by atoms with E-state index in [2.05, 4.69) is 10.4 Å². The van der Waals surface area contributed by atoms with Crippen LogP contribution in [0.2, 0.25) is 0 Å². The van der Waals surface area contributed by atoms with Gasteiger partial charge in [-0.1, -0.05) is 43.7 Å². The number of hydrogen-bond acceptors (Lipinski definition) is 4. The van der Waals surface area contributed by atoms with Crippen LogP contribution >= 0.6 is 0 Å². The molecule has 29 heavy (non-hydrogen) atoms. The number of amides is 1. The third-order valence-electron chi connectivity index (χ3n) is 4.57. The van der Waals surface area contributed by atoms with Crippen LogP contribution in [0, 0.1) is 12.8 Å². The molecule has 6 heteroatoms. The molecule has 3 rings (SSSR count). The molecule has 2 aromatic carbocycles. The van der Waals surface area contributed by atoms with Gasteiger partial charge in [0.05, 0.1) is 5.69 Å². The fourth-order valence-electron chi connectivity index (χ4n) is 2.92. The van der Waals surface area contributed by atoms with Crippen molar-refractivity contribution in [2.75, 3.05) is 0 Å². The van der Waals surface area contributed by atoms with Crippen molar-refractivity contribution in [3.05, 3.63) is 83.7 Å². The first-order valence-electron chi connectivity index (χ1n) is 9.57. The van der Waals surface area contributed by atoms with Crippen molar-refractivity contribution >= 4 is 11.9 Å². The van der Waals surface area contributed by atoms with Gasteiger partial charge < -0.3 is 10.1 Å². The number of nitrogens with one attached hydrogen (secondary N) is 1. The minimum Gasteiger partial charge on any atom is -0.459 e. The zero-order valence-corrected chi connectivity index (χ0v) is 16.8. The third-order valence-corrected chi connectivity index (χ3v) is 4.57. The van der Waals surface area contributed by atoms with E-state index < -0.39 is 12.0 Å². The van der Waals surface area contributed by atoms with Gasteiger partial charge in [-0.15, -0.1) is 0 Å². The molecular weight excluding hydrogens is 366 g/mol. The van der Waals surface area contributed by atoms with Gasteiger partial charge in [0.15, 0.2) is 0 Å². The van der Waals surface area contributed by atoms with Crippen LogP contribution in [-0.4, -0.2) is 27.7 Å². The summed E-state index contributed by atoms with van der Waals surface area (Å²) in [5.41, 5.74) is 3.30. The largest absolute Gasteiger partial charge is 0.459 e. The number of ether oxygens (including phenoxy) is 1. The highest BCUT2D eigenvalue weighted by molar-refractivity contribution is 5.97. The molecule has 1 heterocycles. The summed E-state index contributed by atoms with van der Waals surface area (Å²) >= 11 is 0. The minimum atomic E-state index is -0.716. The molecule has 1 amide bonds. The molecule has 0 fully saturated rings. The van der Waals surface area contributed by atoms with Crippen molar-refractivity contribution in [2.45, 2.75) is 33.4 Å². The second kappa shape index (κ2) is 9.19. The maximum atomic E-state index is 12.6. The van der Waals surface area contributed by atoms with Crippen LogP contribution in [0.25, 0.3) is 5.69 Å². The first-order chi connectivity index (χ1) is 13.9. The molecule has 6 nitrogen and oxygen atoms in total. The minimum absolute atomic E-state index is 0.0987. The Labute approximate surface area is 170 Å². The van der Waals surface area contributed by atoms with E-state index in [4.69, 9.17) is 4.74 Å². The summed E-state index contributed by atoms with van der Waals surface area (Å²) in [4.78, 5) is 25.1. The Hall–Kier alpha value is -3.41. The zero-order chi connectivity index (χ0) is 20.8. The van der Waals surface area contributed by atoms with Crippen molar-refractivity contribution < 1.29 is 14.3 Å². The molecule has 0 aliphatic rings. The summed E-state index contributed by atoms with van der Waals surface area (Å²) in [5.74, 6) is -0.830. The molecule has 0 saturated carbocycles. The van der Waals surface area contributed by atoms with Crippen LogP contribution in [0.4, 0.5) is 0 Å². The molecule has 0 saturated heterocycles. The fourth-order valence-corrected chi connectivity index (χ4v) is 2.92. The highest BCUT2D eigenvalue weighted by atomic mass is 16.5. The number of hydrogen-bond donors (Lipinski definition) is 1. The molecule has 1 atom stereocenters. The van der Waals surface area contributed by atoms with Gasteiger partial charge in [0.1, 0.15) is 12.6 Å². The summed E-state index contributed by atoms with van der Waals surface area (Å²) in [5, 5.41) is 6.98. The van der Waals surface area contributed by atoms with Crippen molar-refractivity contribution in [2.24, 2.45) is 5.92 Å². The topological polar surface area (TPSA) is 73.2 Å². The van der Waals surface area contributed by atoms with E-state index in [0.29, 0.717) is 5.56 Å². The average Bonchev–Trinajstić information content (AvgIpc) is 3.25. The lowest BCUT2D eigenvalue weighted by Crippen LogP contribution is -2.45. The third kappa shape index (κ3) is 5.31. The molecule has 150 valence electrons. The number of rotatable bonds is 7. The van der Waals surface area contributed by atoms with Crippen LogP contribution in [0.15, 0.2) is 67.0 Å². The smallest absolute Gasteiger partial charge is 0.329 e. The standard InChI is InChI=1S/C23H25N3O3/c1-16(2)21(25-22(27)19-7-4-6-17(3)14-19)23(28)29-15-18-8-10-20(11-9-18)26-13-5-12-24-26/h4-14,16,21H,15H2,1-3H3,(H,25,27)/t21-/m0/s1. The van der Waals surface area contributed by atoms with Crippen LogP contribution in [0.3, 0.4) is 0 Å². The van der Waals surface area contributed by atoms with Gasteiger partial charge in [0, 0.05) is 18.0 Å². The van der Waals surface area contributed by atoms with Crippen molar-refractivity contribution in [1.82, 2.24) is 15.1 Å². The number of esters is 1. The van der Waals surface area contributed by atoms with Gasteiger partial charge >= 0.3 is 5.97 Å². The summed E-state index contributed by atoms with van der Waals surface area (Å²) in [6.07, 6.45) is 3.58. The molecule has 0 radical (unpaired) electrons. The average molecular weight is 391 g/mol. The molecule has 0 unspecified atom stereocenters. The monoisotopic (exact) mass is 391 g/mol. The fraction of sp³-hybridized carbons (Fsp3) is 0.261. The van der Waals surface area contributed by atoms with E-state index in [-0.39, 0.29) is 18.4 Å². The Morgan fingerprint density at radius 1 is 1.10 bits per heavy atom. The number of carbonyl (C=O) groups is 2. The van der Waals surface area contributed by atoms with Crippen LogP contribution in [0.5, 0.6) is 0 Å². The van der Waals surface area contributed by atoms with E-state index in [0.717, 1.165) is 16.8 Å². The summed E-state index contributed by atoms with van der Waals surface area (Å²) in [6.45, 7) is 5.81. The Kier molecular flexibility index (Phi) is 6.44. The highest BCUT2D eigenvalue weighted by Gasteiger charge is 2.26. The Bertz CT molecular complexity index is 963. The molecule has 1 N–H and O–H groups in total. The predicted molar refractivity (Wildman–Crippen MR) is 111 cm³/mol. The molecule has 3 aromatic rings. The van der Waals surface area contributed by atoms with E-state index in [1.807, 2.05) is 69.4 Å². The lowest BCUT2D eigenvalue weighted by atomic mass is 10.0. The Morgan fingerprint density at radius 3 is 2.48 bits per heavy atom. The van der Waals surface area contributed by atoms with Gasteiger partial charge in [-0.2, -0.15) is 5.10 Å². The first kappa shape index (κ1) is 20.3. The Balaban J connectivity index is 1.60. The van der Waals surface area contributed by atoms with E-state index in [1.165, 1.54) is 0 Å². The van der Waals surface area contributed by atoms with Gasteiger partial charge in [0.2, 0.25) is 0 Å². The first-order valence-corrected chi connectivity index (χ1v) is 9.57. The number of nitrogens with zero attached hydrogens (tertiary/aromatic N) is 2. The van der Waals surface area contributed by atoms with Crippen LogP contribution in [-0.2, 0) is 16.1 Å². The summed E-state index contributed by atoms with van der Waals surface area (Å²) in [7, 11) is 0. The number of aryl methyl sites for hydroxylation is 1. The van der Waals surface area contributed by atoms with Crippen molar-refractivity contribution in [3.8, 4) is 5.69 Å². The van der Waals surface area contributed by atoms with Crippen molar-refractivity contribution in [3.63, 3.8) is 0 Å². The van der Waals surface area contributed by atoms with Gasteiger partial charge in [-0.25, -0.2) is 9.48 Å². The maximum absolute atomic E-state index is 12.6.